The van der Waals surface area contributed by atoms with E-state index in [1.54, 1.807) is 12.3 Å². The van der Waals surface area contributed by atoms with E-state index in [9.17, 15) is 4.79 Å². The number of aromatic nitrogens is 4. The summed E-state index contributed by atoms with van der Waals surface area (Å²) in [6.45, 7) is 2.06. The molecule has 1 N–H and O–H groups in total. The normalized spacial score (nSPS) is 10.5. The Hall–Kier alpha value is -1.31. The van der Waals surface area contributed by atoms with Gasteiger partial charge in [0, 0.05) is 6.20 Å². The lowest BCUT2D eigenvalue weighted by atomic mass is 10.2. The Balaban J connectivity index is 2.53. The van der Waals surface area contributed by atoms with Crippen LogP contribution in [0.15, 0.2) is 23.4 Å². The molecule has 0 saturated heterocycles. The van der Waals surface area contributed by atoms with Gasteiger partial charge in [0.2, 0.25) is 0 Å². The molecule has 0 bridgehead atoms. The van der Waals surface area contributed by atoms with Crippen LogP contribution in [0.25, 0.3) is 11.5 Å². The number of aryl methyl sites for hydroxylation is 1. The molecule has 17 heavy (non-hydrogen) atoms. The van der Waals surface area contributed by atoms with E-state index in [0.29, 0.717) is 15.1 Å². The number of halogens is 1. The van der Waals surface area contributed by atoms with Crippen molar-refractivity contribution in [3.05, 3.63) is 38.2 Å². The summed E-state index contributed by atoms with van der Waals surface area (Å²) in [5, 5.41) is 0. The predicted molar refractivity (Wildman–Crippen MR) is 72.6 cm³/mol. The summed E-state index contributed by atoms with van der Waals surface area (Å²) in [7, 11) is 0. The largest absolute Gasteiger partial charge is 0.304 e. The van der Waals surface area contributed by atoms with Crippen molar-refractivity contribution >= 4 is 22.6 Å². The summed E-state index contributed by atoms with van der Waals surface area (Å²) in [5.41, 5.74) is 1.34. The minimum absolute atomic E-state index is 0.113. The lowest BCUT2D eigenvalue weighted by Crippen LogP contribution is -2.16. The van der Waals surface area contributed by atoms with Crippen LogP contribution in [0.2, 0.25) is 0 Å². The first-order valence-corrected chi connectivity index (χ1v) is 6.35. The molecule has 0 aliphatic heterocycles. The maximum Gasteiger partial charge on any atom is 0.264 e. The van der Waals surface area contributed by atoms with Gasteiger partial charge in [0.05, 0.1) is 9.26 Å². The van der Waals surface area contributed by atoms with Crippen LogP contribution in [0, 0.1) is 3.57 Å². The number of hydrogen-bond acceptors (Lipinski definition) is 4. The minimum Gasteiger partial charge on any atom is -0.304 e. The first-order chi connectivity index (χ1) is 8.22. The third-order valence-electron chi connectivity index (χ3n) is 2.24. The third kappa shape index (κ3) is 2.68. The Kier molecular flexibility index (Phi) is 3.82. The molecule has 2 aromatic rings. The van der Waals surface area contributed by atoms with Gasteiger partial charge in [0.1, 0.15) is 12.0 Å². The maximum absolute atomic E-state index is 11.8. The topological polar surface area (TPSA) is 71.5 Å². The van der Waals surface area contributed by atoms with Gasteiger partial charge in [-0.3, -0.25) is 4.79 Å². The Morgan fingerprint density at radius 3 is 2.94 bits per heavy atom. The number of nitrogens with one attached hydrogen (secondary N) is 1. The molecule has 6 heteroatoms. The molecule has 0 radical (unpaired) electrons. The van der Waals surface area contributed by atoms with E-state index < -0.39 is 0 Å². The minimum atomic E-state index is -0.113. The van der Waals surface area contributed by atoms with Crippen LogP contribution in [0.1, 0.15) is 19.0 Å². The zero-order valence-corrected chi connectivity index (χ0v) is 11.4. The molecule has 0 aromatic carbocycles. The van der Waals surface area contributed by atoms with Crippen LogP contribution in [-0.4, -0.2) is 19.9 Å². The summed E-state index contributed by atoms with van der Waals surface area (Å²) < 4.78 is 0.655. The fourth-order valence-corrected chi connectivity index (χ4v) is 1.99. The van der Waals surface area contributed by atoms with E-state index in [2.05, 4.69) is 26.9 Å². The van der Waals surface area contributed by atoms with Crippen molar-refractivity contribution < 1.29 is 0 Å². The Bertz CT molecular complexity index is 567. The lowest BCUT2D eigenvalue weighted by molar-refractivity contribution is 0.858. The Morgan fingerprint density at radius 2 is 2.29 bits per heavy atom. The second-order valence-electron chi connectivity index (χ2n) is 3.52. The molecule has 0 amide bonds. The first kappa shape index (κ1) is 12.2. The van der Waals surface area contributed by atoms with Crippen molar-refractivity contribution in [2.24, 2.45) is 0 Å². The highest BCUT2D eigenvalue weighted by Crippen LogP contribution is 2.13. The van der Waals surface area contributed by atoms with Gasteiger partial charge in [-0.25, -0.2) is 15.0 Å². The summed E-state index contributed by atoms with van der Waals surface area (Å²) in [6, 6.07) is 1.72. The highest BCUT2D eigenvalue weighted by Gasteiger charge is 2.09. The molecule has 0 fully saturated rings. The molecule has 0 spiro atoms. The molecule has 0 unspecified atom stereocenters. The fourth-order valence-electron chi connectivity index (χ4n) is 1.46. The summed E-state index contributed by atoms with van der Waals surface area (Å²) >= 11 is 2.03. The summed E-state index contributed by atoms with van der Waals surface area (Å²) in [6.07, 6.45) is 4.81. The van der Waals surface area contributed by atoms with E-state index in [4.69, 9.17) is 0 Å². The number of hydrogen-bond donors (Lipinski definition) is 1. The molecule has 0 aliphatic rings. The van der Waals surface area contributed by atoms with Crippen molar-refractivity contribution in [1.29, 1.82) is 0 Å². The SMILES string of the molecule is CCCc1nc(-c2ccncn2)[nH]c(=O)c1I. The standard InChI is InChI=1S/C11H11IN4O/c1-2-3-7-9(12)11(17)16-10(15-7)8-4-5-13-6-14-8/h4-6H,2-3H2,1H3,(H,15,16,17). The molecule has 2 heterocycles. The maximum atomic E-state index is 11.8. The van der Waals surface area contributed by atoms with E-state index in [1.165, 1.54) is 6.33 Å². The van der Waals surface area contributed by atoms with Crippen LogP contribution in [-0.2, 0) is 6.42 Å². The molecular weight excluding hydrogens is 331 g/mol. The molecule has 5 nitrogen and oxygen atoms in total. The van der Waals surface area contributed by atoms with Crippen LogP contribution in [0.3, 0.4) is 0 Å². The van der Waals surface area contributed by atoms with Gasteiger partial charge in [-0.1, -0.05) is 13.3 Å². The number of nitrogens with zero attached hydrogens (tertiary/aromatic N) is 3. The van der Waals surface area contributed by atoms with Crippen LogP contribution < -0.4 is 5.56 Å². The molecule has 88 valence electrons. The molecular formula is C11H11IN4O. The van der Waals surface area contributed by atoms with Gasteiger partial charge in [-0.2, -0.15) is 0 Å². The molecule has 0 saturated carbocycles. The van der Waals surface area contributed by atoms with Gasteiger partial charge >= 0.3 is 0 Å². The number of H-pyrrole nitrogens is 1. The second kappa shape index (κ2) is 5.35. The molecule has 2 aromatic heterocycles. The Labute approximate surface area is 112 Å². The first-order valence-electron chi connectivity index (χ1n) is 5.27. The number of aromatic amines is 1. The zero-order chi connectivity index (χ0) is 12.3. The predicted octanol–water partition coefficient (Wildman–Crippen LogP) is 1.78. The van der Waals surface area contributed by atoms with Gasteiger partial charge in [-0.05, 0) is 35.1 Å². The number of rotatable bonds is 3. The zero-order valence-electron chi connectivity index (χ0n) is 9.27. The highest BCUT2D eigenvalue weighted by atomic mass is 127. The molecule has 2 rings (SSSR count). The average Bonchev–Trinajstić information content (AvgIpc) is 2.36. The van der Waals surface area contributed by atoms with E-state index in [-0.39, 0.29) is 5.56 Å². The summed E-state index contributed by atoms with van der Waals surface area (Å²) in [5.74, 6) is 0.501. The van der Waals surface area contributed by atoms with Crippen LogP contribution >= 0.6 is 22.6 Å². The average molecular weight is 342 g/mol. The smallest absolute Gasteiger partial charge is 0.264 e. The molecule has 0 aliphatic carbocycles. The van der Waals surface area contributed by atoms with Gasteiger partial charge in [0.25, 0.3) is 5.56 Å². The van der Waals surface area contributed by atoms with Crippen molar-refractivity contribution in [3.63, 3.8) is 0 Å². The van der Waals surface area contributed by atoms with Crippen LogP contribution in [0.5, 0.6) is 0 Å². The van der Waals surface area contributed by atoms with Gasteiger partial charge in [0.15, 0.2) is 5.82 Å². The quantitative estimate of drug-likeness (QED) is 0.864. The summed E-state index contributed by atoms with van der Waals surface area (Å²) in [4.78, 5) is 26.8. The Morgan fingerprint density at radius 1 is 1.47 bits per heavy atom. The van der Waals surface area contributed by atoms with E-state index >= 15 is 0 Å². The third-order valence-corrected chi connectivity index (χ3v) is 3.36. The van der Waals surface area contributed by atoms with E-state index in [0.717, 1.165) is 18.5 Å². The van der Waals surface area contributed by atoms with Crippen LogP contribution in [0.4, 0.5) is 0 Å². The molecule has 0 atom stereocenters. The van der Waals surface area contributed by atoms with E-state index in [1.807, 2.05) is 22.6 Å². The second-order valence-corrected chi connectivity index (χ2v) is 4.60. The van der Waals surface area contributed by atoms with Gasteiger partial charge in [-0.15, -0.1) is 0 Å². The monoisotopic (exact) mass is 342 g/mol. The van der Waals surface area contributed by atoms with Crippen molar-refractivity contribution in [3.8, 4) is 11.5 Å². The van der Waals surface area contributed by atoms with Crippen molar-refractivity contribution in [1.82, 2.24) is 19.9 Å². The van der Waals surface area contributed by atoms with Crippen molar-refractivity contribution in [2.45, 2.75) is 19.8 Å². The fraction of sp³-hybridized carbons (Fsp3) is 0.273. The lowest BCUT2D eigenvalue weighted by Gasteiger charge is -2.04. The highest BCUT2D eigenvalue weighted by molar-refractivity contribution is 14.1. The van der Waals surface area contributed by atoms with Crippen molar-refractivity contribution in [2.75, 3.05) is 0 Å². The van der Waals surface area contributed by atoms with Gasteiger partial charge < -0.3 is 4.98 Å².